The maximum absolute atomic E-state index is 12.4. The van der Waals surface area contributed by atoms with Crippen molar-refractivity contribution >= 4 is 5.97 Å². The van der Waals surface area contributed by atoms with E-state index in [4.69, 9.17) is 19.7 Å². The molecular formula is C45H99NO5. The number of aliphatic hydroxyl groups excluding tert-OH is 2. The fourth-order valence-electron chi connectivity index (χ4n) is 5.48. The fourth-order valence-corrected chi connectivity index (χ4v) is 5.48. The molecule has 6 nitrogen and oxygen atoms in total. The van der Waals surface area contributed by atoms with Gasteiger partial charge in [-0.15, -0.1) is 0 Å². The molecule has 314 valence electrons. The van der Waals surface area contributed by atoms with Crippen LogP contribution in [0.15, 0.2) is 0 Å². The third kappa shape index (κ3) is 64.7. The van der Waals surface area contributed by atoms with Crippen molar-refractivity contribution in [3.8, 4) is 0 Å². The molecule has 0 aliphatic carbocycles. The van der Waals surface area contributed by atoms with Crippen LogP contribution in [0.5, 0.6) is 0 Å². The van der Waals surface area contributed by atoms with Gasteiger partial charge in [-0.05, 0) is 65.0 Å². The van der Waals surface area contributed by atoms with Gasteiger partial charge in [-0.3, -0.25) is 4.79 Å². The second kappa shape index (κ2) is 64.3. The Balaban J connectivity index is -0.000000224. The maximum Gasteiger partial charge on any atom is 0.308 e. The summed E-state index contributed by atoms with van der Waals surface area (Å²) < 4.78 is 10.8. The van der Waals surface area contributed by atoms with E-state index in [-0.39, 0.29) is 11.9 Å². The van der Waals surface area contributed by atoms with Gasteiger partial charge in [0.1, 0.15) is 0 Å². The summed E-state index contributed by atoms with van der Waals surface area (Å²) in [6.07, 6.45) is 34.9. The van der Waals surface area contributed by atoms with Gasteiger partial charge in [0, 0.05) is 26.9 Å². The van der Waals surface area contributed by atoms with Gasteiger partial charge >= 0.3 is 5.97 Å². The number of nitrogens with one attached hydrogen (secondary N) is 1. The Morgan fingerprint density at radius 3 is 1.27 bits per heavy atom. The highest BCUT2D eigenvalue weighted by atomic mass is 16.5. The van der Waals surface area contributed by atoms with Crippen LogP contribution in [0.4, 0.5) is 0 Å². The Morgan fingerprint density at radius 2 is 0.843 bits per heavy atom. The highest BCUT2D eigenvalue weighted by molar-refractivity contribution is 5.72. The number of carbonyl (C=O) groups is 1. The van der Waals surface area contributed by atoms with E-state index in [0.29, 0.717) is 13.2 Å². The topological polar surface area (TPSA) is 88.0 Å². The predicted octanol–water partition coefficient (Wildman–Crippen LogP) is 13.4. The lowest BCUT2D eigenvalue weighted by atomic mass is 9.94. The second-order valence-electron chi connectivity index (χ2n) is 13.5. The van der Waals surface area contributed by atoms with Crippen LogP contribution in [0.2, 0.25) is 0 Å². The van der Waals surface area contributed by atoms with Gasteiger partial charge < -0.3 is 25.0 Å². The fraction of sp³-hybridized carbons (Fsp3) is 0.978. The number of carbonyl (C=O) groups excluding carboxylic acids is 1. The van der Waals surface area contributed by atoms with Crippen molar-refractivity contribution in [1.82, 2.24) is 5.32 Å². The Hall–Kier alpha value is -0.690. The van der Waals surface area contributed by atoms with Gasteiger partial charge in [0.05, 0.1) is 12.5 Å². The minimum absolute atomic E-state index is 0.0838. The van der Waals surface area contributed by atoms with Crippen molar-refractivity contribution in [2.24, 2.45) is 5.92 Å². The lowest BCUT2D eigenvalue weighted by molar-refractivity contribution is -0.149. The highest BCUT2D eigenvalue weighted by Gasteiger charge is 2.19. The van der Waals surface area contributed by atoms with E-state index in [2.05, 4.69) is 46.9 Å². The zero-order valence-corrected chi connectivity index (χ0v) is 36.7. The predicted molar refractivity (Wildman–Crippen MR) is 228 cm³/mol. The molecule has 0 heterocycles. The largest absolute Gasteiger partial charge is 0.465 e. The molecule has 0 bridgehead atoms. The Morgan fingerprint density at radius 1 is 0.490 bits per heavy atom. The minimum atomic E-state index is 0.0838. The molecule has 0 rings (SSSR count). The van der Waals surface area contributed by atoms with Gasteiger partial charge in [-0.2, -0.15) is 0 Å². The van der Waals surface area contributed by atoms with Crippen LogP contribution in [0.3, 0.4) is 0 Å². The molecule has 0 aromatic carbocycles. The second-order valence-corrected chi connectivity index (χ2v) is 13.5. The molecule has 1 unspecified atom stereocenters. The number of hydrogen-bond acceptors (Lipinski definition) is 6. The van der Waals surface area contributed by atoms with Crippen molar-refractivity contribution in [3.63, 3.8) is 0 Å². The summed E-state index contributed by atoms with van der Waals surface area (Å²) in [6.45, 7) is 22.2. The molecule has 0 fully saturated rings. The van der Waals surface area contributed by atoms with E-state index in [9.17, 15) is 4.79 Å². The highest BCUT2D eigenvalue weighted by Crippen LogP contribution is 2.20. The summed E-state index contributed by atoms with van der Waals surface area (Å²) in [5.41, 5.74) is 0. The van der Waals surface area contributed by atoms with Crippen molar-refractivity contribution in [2.75, 3.05) is 46.6 Å². The van der Waals surface area contributed by atoms with Gasteiger partial charge in [-0.25, -0.2) is 0 Å². The summed E-state index contributed by atoms with van der Waals surface area (Å²) in [7, 11) is 1.00. The van der Waals surface area contributed by atoms with Crippen LogP contribution in [-0.2, 0) is 14.3 Å². The molecule has 51 heavy (non-hydrogen) atoms. The molecule has 0 aliphatic rings. The van der Waals surface area contributed by atoms with E-state index < -0.39 is 0 Å². The number of ether oxygens (including phenoxy) is 2. The standard InChI is InChI=1S/C23H46O2.C10H22O.C9H21NO.C2H6.CH4O/c1-4-7-10-13-14-17-20-22(19-16-12-9-6-3)23(24)25-21-18-15-11-8-5-2;1-3-5-6-7-8-9-10-11-4-2;1-2-3-4-7-10-8-5-6-9-11;2*1-2/h22H,4-21H2,1-3H3;3-10H2,1-2H3;10-11H,2-9H2,1H3;1-2H3;2H,1H3. The van der Waals surface area contributed by atoms with E-state index in [1.165, 1.54) is 148 Å². The van der Waals surface area contributed by atoms with Crippen LogP contribution < -0.4 is 5.32 Å². The molecule has 0 amide bonds. The monoisotopic (exact) mass is 734 g/mol. The van der Waals surface area contributed by atoms with Crippen molar-refractivity contribution in [3.05, 3.63) is 0 Å². The first-order chi connectivity index (χ1) is 25.1. The van der Waals surface area contributed by atoms with Crippen molar-refractivity contribution in [2.45, 2.75) is 235 Å². The van der Waals surface area contributed by atoms with E-state index in [0.717, 1.165) is 65.5 Å². The van der Waals surface area contributed by atoms with Gasteiger partial charge in [0.15, 0.2) is 0 Å². The molecule has 0 aliphatic heterocycles. The summed E-state index contributed by atoms with van der Waals surface area (Å²) in [5, 5.41) is 18.8. The molecule has 3 N–H and O–H groups in total. The van der Waals surface area contributed by atoms with E-state index in [1.807, 2.05) is 13.8 Å². The molecule has 0 saturated carbocycles. The SMILES string of the molecule is CC.CCCCCCCCC(CCCCCC)C(=O)OCCCCCCC.CCCCCCCCOCC.CCCCCNCCCCO.CO. The maximum atomic E-state index is 12.4. The number of rotatable bonds is 35. The Labute approximate surface area is 322 Å². The summed E-state index contributed by atoms with van der Waals surface area (Å²) in [6, 6.07) is 0. The number of aliphatic hydroxyl groups is 2. The smallest absolute Gasteiger partial charge is 0.308 e. The minimum Gasteiger partial charge on any atom is -0.465 e. The normalized spacial score (nSPS) is 10.7. The van der Waals surface area contributed by atoms with Gasteiger partial charge in [0.25, 0.3) is 0 Å². The van der Waals surface area contributed by atoms with Crippen LogP contribution in [0, 0.1) is 5.92 Å². The lowest BCUT2D eigenvalue weighted by Gasteiger charge is -2.16. The molecule has 0 radical (unpaired) electrons. The quantitative estimate of drug-likeness (QED) is 0.0444. The summed E-state index contributed by atoms with van der Waals surface area (Å²) in [4.78, 5) is 12.4. The molecule has 0 saturated heterocycles. The zero-order valence-electron chi connectivity index (χ0n) is 36.7. The first-order valence-corrected chi connectivity index (χ1v) is 22.6. The lowest BCUT2D eigenvalue weighted by Crippen LogP contribution is -2.18. The molecule has 0 spiro atoms. The van der Waals surface area contributed by atoms with Crippen LogP contribution >= 0.6 is 0 Å². The number of esters is 1. The van der Waals surface area contributed by atoms with Crippen molar-refractivity contribution in [1.29, 1.82) is 0 Å². The number of unbranched alkanes of at least 4 members (excludes halogenated alkanes) is 20. The first-order valence-electron chi connectivity index (χ1n) is 22.6. The summed E-state index contributed by atoms with van der Waals surface area (Å²) in [5.74, 6) is 0.235. The van der Waals surface area contributed by atoms with Gasteiger partial charge in [-0.1, -0.05) is 183 Å². The first kappa shape index (κ1) is 59.6. The van der Waals surface area contributed by atoms with Crippen LogP contribution in [0.25, 0.3) is 0 Å². The van der Waals surface area contributed by atoms with Crippen molar-refractivity contribution < 1.29 is 24.5 Å². The third-order valence-electron chi connectivity index (χ3n) is 8.70. The zero-order chi connectivity index (χ0) is 39.3. The molecule has 6 heteroatoms. The van der Waals surface area contributed by atoms with E-state index in [1.54, 1.807) is 0 Å². The Bertz CT molecular complexity index is 501. The van der Waals surface area contributed by atoms with Crippen LogP contribution in [-0.4, -0.2) is 62.8 Å². The summed E-state index contributed by atoms with van der Waals surface area (Å²) >= 11 is 0. The third-order valence-corrected chi connectivity index (χ3v) is 8.70. The van der Waals surface area contributed by atoms with Gasteiger partial charge in [0.2, 0.25) is 0 Å². The number of hydrogen-bond donors (Lipinski definition) is 3. The van der Waals surface area contributed by atoms with E-state index >= 15 is 0 Å². The van der Waals surface area contributed by atoms with Crippen LogP contribution in [0.1, 0.15) is 235 Å². The molecule has 0 aromatic rings. The molecule has 1 atom stereocenters. The molecule has 0 aromatic heterocycles. The molecular weight excluding hydrogens is 634 g/mol. The average molecular weight is 734 g/mol. The Kier molecular flexibility index (Phi) is 75.1. The average Bonchev–Trinajstić information content (AvgIpc) is 3.16.